The monoisotopic (exact) mass is 302 g/mol. The first-order chi connectivity index (χ1) is 8.02. The summed E-state index contributed by atoms with van der Waals surface area (Å²) in [7, 11) is -5.19. The second-order valence-corrected chi connectivity index (χ2v) is 20.3. The molecule has 0 radical (unpaired) electrons. The van der Waals surface area contributed by atoms with Gasteiger partial charge in [-0.05, 0) is 65.1 Å². The summed E-state index contributed by atoms with van der Waals surface area (Å²) in [6, 6.07) is 0. The Bertz CT molecular complexity index is 286. The van der Waals surface area contributed by atoms with Crippen LogP contribution in [0.2, 0.25) is 51.4 Å². The Morgan fingerprint density at radius 3 is 1.72 bits per heavy atom. The molecule has 1 aliphatic rings. The van der Waals surface area contributed by atoms with Gasteiger partial charge in [-0.1, -0.05) is 12.2 Å². The molecule has 2 nitrogen and oxygen atoms in total. The fourth-order valence-electron chi connectivity index (χ4n) is 2.64. The van der Waals surface area contributed by atoms with Crippen molar-refractivity contribution in [2.45, 2.75) is 70.6 Å². The van der Waals surface area contributed by atoms with Gasteiger partial charge >= 0.3 is 8.56 Å². The van der Waals surface area contributed by atoms with Crippen molar-refractivity contribution in [3.8, 4) is 0 Å². The summed E-state index contributed by atoms with van der Waals surface area (Å²) < 4.78 is 13.2. The van der Waals surface area contributed by atoms with E-state index < -0.39 is 25.2 Å². The lowest BCUT2D eigenvalue weighted by Crippen LogP contribution is -2.55. The van der Waals surface area contributed by atoms with E-state index in [1.165, 1.54) is 19.3 Å². The highest BCUT2D eigenvalue weighted by Crippen LogP contribution is 2.37. The lowest BCUT2D eigenvalue weighted by Gasteiger charge is -2.43. The van der Waals surface area contributed by atoms with Crippen molar-refractivity contribution in [2.24, 2.45) is 0 Å². The first kappa shape index (κ1) is 16.4. The molecule has 0 aromatic heterocycles. The van der Waals surface area contributed by atoms with Crippen molar-refractivity contribution in [3.05, 3.63) is 12.2 Å². The first-order valence-corrected chi connectivity index (χ1v) is 16.3. The second-order valence-electron chi connectivity index (χ2n) is 7.41. The van der Waals surface area contributed by atoms with Gasteiger partial charge in [-0.2, -0.15) is 0 Å². The minimum atomic E-state index is -2.08. The highest BCUT2D eigenvalue weighted by atomic mass is 28.5. The quantitative estimate of drug-likeness (QED) is 0.533. The highest BCUT2D eigenvalue weighted by Gasteiger charge is 2.45. The molecule has 18 heavy (non-hydrogen) atoms. The minimum absolute atomic E-state index is 0.546. The standard InChI is InChI=1S/C13H30O2Si3/c1-16(2,3)14-18(7,15-17(4,5)6)13-11-9-8-10-12-13/h9,11,13H,8,10,12H2,1-7H3. The third-order valence-electron chi connectivity index (χ3n) is 2.95. The zero-order valence-corrected chi connectivity index (χ0v) is 16.2. The molecule has 1 unspecified atom stereocenters. The van der Waals surface area contributed by atoms with E-state index >= 15 is 0 Å². The van der Waals surface area contributed by atoms with Crippen LogP contribution in [0, 0.1) is 0 Å². The molecule has 0 bridgehead atoms. The Labute approximate surface area is 116 Å². The van der Waals surface area contributed by atoms with Crippen molar-refractivity contribution >= 4 is 25.2 Å². The molecule has 0 amide bonds. The molecule has 0 fully saturated rings. The van der Waals surface area contributed by atoms with Crippen LogP contribution in [0.3, 0.4) is 0 Å². The van der Waals surface area contributed by atoms with Gasteiger partial charge in [0.15, 0.2) is 16.6 Å². The summed E-state index contributed by atoms with van der Waals surface area (Å²) in [6.45, 7) is 16.0. The van der Waals surface area contributed by atoms with E-state index in [0.29, 0.717) is 5.54 Å². The zero-order chi connectivity index (χ0) is 14.0. The molecule has 5 heteroatoms. The van der Waals surface area contributed by atoms with Crippen LogP contribution in [0.15, 0.2) is 12.2 Å². The Balaban J connectivity index is 2.92. The summed E-state index contributed by atoms with van der Waals surface area (Å²) in [5.74, 6) is 0. The minimum Gasteiger partial charge on any atom is -0.436 e. The van der Waals surface area contributed by atoms with E-state index in [1.54, 1.807) is 0 Å². The maximum atomic E-state index is 6.58. The van der Waals surface area contributed by atoms with Crippen molar-refractivity contribution in [1.29, 1.82) is 0 Å². The fourth-order valence-corrected chi connectivity index (χ4v) is 15.3. The lowest BCUT2D eigenvalue weighted by molar-refractivity contribution is 0.366. The zero-order valence-electron chi connectivity index (χ0n) is 13.2. The Morgan fingerprint density at radius 1 is 0.889 bits per heavy atom. The van der Waals surface area contributed by atoms with Gasteiger partial charge in [-0.15, -0.1) is 0 Å². The molecular formula is C13H30O2Si3. The topological polar surface area (TPSA) is 18.5 Å². The molecule has 1 aliphatic carbocycles. The van der Waals surface area contributed by atoms with Crippen LogP contribution in [0.1, 0.15) is 19.3 Å². The number of allylic oxidation sites excluding steroid dienone is 2. The van der Waals surface area contributed by atoms with Gasteiger partial charge in [0.1, 0.15) is 0 Å². The predicted molar refractivity (Wildman–Crippen MR) is 87.2 cm³/mol. The molecular weight excluding hydrogens is 272 g/mol. The summed E-state index contributed by atoms with van der Waals surface area (Å²) in [4.78, 5) is 0. The van der Waals surface area contributed by atoms with Gasteiger partial charge in [0, 0.05) is 5.54 Å². The van der Waals surface area contributed by atoms with Gasteiger partial charge in [-0.25, -0.2) is 0 Å². The van der Waals surface area contributed by atoms with Crippen LogP contribution < -0.4 is 0 Å². The van der Waals surface area contributed by atoms with Crippen molar-refractivity contribution in [3.63, 3.8) is 0 Å². The van der Waals surface area contributed by atoms with Crippen LogP contribution in [0.5, 0.6) is 0 Å². The van der Waals surface area contributed by atoms with E-state index in [2.05, 4.69) is 58.0 Å². The van der Waals surface area contributed by atoms with Crippen molar-refractivity contribution < 1.29 is 8.23 Å². The molecule has 0 N–H and O–H groups in total. The number of rotatable bonds is 5. The Hall–Kier alpha value is 0.311. The third kappa shape index (κ3) is 5.52. The third-order valence-corrected chi connectivity index (χ3v) is 12.9. The summed E-state index contributed by atoms with van der Waals surface area (Å²) in [5.41, 5.74) is 0.546. The van der Waals surface area contributed by atoms with Crippen LogP contribution in [-0.2, 0) is 8.23 Å². The van der Waals surface area contributed by atoms with Crippen LogP contribution in [-0.4, -0.2) is 25.2 Å². The average molecular weight is 303 g/mol. The van der Waals surface area contributed by atoms with Gasteiger partial charge < -0.3 is 8.23 Å². The Kier molecular flexibility index (Phi) is 5.22. The average Bonchev–Trinajstić information content (AvgIpc) is 2.13. The lowest BCUT2D eigenvalue weighted by atomic mass is 10.1. The van der Waals surface area contributed by atoms with Gasteiger partial charge in [0.2, 0.25) is 0 Å². The van der Waals surface area contributed by atoms with E-state index in [4.69, 9.17) is 8.23 Å². The fraction of sp³-hybridized carbons (Fsp3) is 0.846. The summed E-state index contributed by atoms with van der Waals surface area (Å²) in [5, 5.41) is 0. The molecule has 0 spiro atoms. The SMILES string of the molecule is C[Si](C)(C)O[Si](C)(O[Si](C)(C)C)C1C=CCCC1. The van der Waals surface area contributed by atoms with Crippen LogP contribution in [0.4, 0.5) is 0 Å². The predicted octanol–water partition coefficient (Wildman–Crippen LogP) is 4.87. The van der Waals surface area contributed by atoms with Gasteiger partial charge in [0.05, 0.1) is 0 Å². The molecule has 0 aliphatic heterocycles. The van der Waals surface area contributed by atoms with Crippen molar-refractivity contribution in [1.82, 2.24) is 0 Å². The molecule has 1 rings (SSSR count). The van der Waals surface area contributed by atoms with E-state index in [-0.39, 0.29) is 0 Å². The summed E-state index contributed by atoms with van der Waals surface area (Å²) >= 11 is 0. The van der Waals surface area contributed by atoms with E-state index in [9.17, 15) is 0 Å². The molecule has 0 saturated carbocycles. The second kappa shape index (κ2) is 5.75. The Morgan fingerprint density at radius 2 is 1.39 bits per heavy atom. The van der Waals surface area contributed by atoms with Gasteiger partial charge in [-0.3, -0.25) is 0 Å². The molecule has 106 valence electrons. The normalized spacial score (nSPS) is 22.3. The maximum Gasteiger partial charge on any atom is 0.321 e. The molecule has 0 aromatic carbocycles. The van der Waals surface area contributed by atoms with Crippen LogP contribution in [0.25, 0.3) is 0 Å². The molecule has 0 heterocycles. The summed E-state index contributed by atoms with van der Waals surface area (Å²) in [6.07, 6.45) is 8.44. The smallest absolute Gasteiger partial charge is 0.321 e. The molecule has 0 aromatic rings. The maximum absolute atomic E-state index is 6.58. The van der Waals surface area contributed by atoms with Crippen molar-refractivity contribution in [2.75, 3.05) is 0 Å². The largest absolute Gasteiger partial charge is 0.436 e. The number of hydrogen-bond donors (Lipinski definition) is 0. The van der Waals surface area contributed by atoms with E-state index in [0.717, 1.165) is 0 Å². The van der Waals surface area contributed by atoms with Gasteiger partial charge in [0.25, 0.3) is 0 Å². The van der Waals surface area contributed by atoms with Crippen LogP contribution >= 0.6 is 0 Å². The number of hydrogen-bond acceptors (Lipinski definition) is 2. The van der Waals surface area contributed by atoms with E-state index in [1.807, 2.05) is 0 Å². The first-order valence-electron chi connectivity index (χ1n) is 7.09. The molecule has 0 saturated heterocycles. The highest BCUT2D eigenvalue weighted by molar-refractivity contribution is 6.88. The molecule has 1 atom stereocenters.